The van der Waals surface area contributed by atoms with E-state index < -0.39 is 0 Å². The van der Waals surface area contributed by atoms with E-state index in [-0.39, 0.29) is 35.0 Å². The van der Waals surface area contributed by atoms with Crippen LogP contribution in [0.15, 0.2) is 0 Å². The molecule has 4 saturated carbocycles. The molecule has 0 aromatic rings. The molecule has 182 valence electrons. The Bertz CT molecular complexity index is 721. The quantitative estimate of drug-likeness (QED) is 0.590. The number of carbonyl (C=O) groups excluding carboxylic acids is 2. The molecule has 0 amide bonds. The average Bonchev–Trinajstić information content (AvgIpc) is 3.11. The largest absolute Gasteiger partial charge is 0.469 e. The lowest BCUT2D eigenvalue weighted by Crippen LogP contribution is -2.59. The van der Waals surface area contributed by atoms with Crippen LogP contribution in [0.3, 0.4) is 0 Å². The zero-order valence-corrected chi connectivity index (χ0v) is 20.8. The van der Waals surface area contributed by atoms with Gasteiger partial charge in [-0.3, -0.25) is 9.59 Å². The van der Waals surface area contributed by atoms with Crippen LogP contribution in [0.25, 0.3) is 0 Å². The first-order chi connectivity index (χ1) is 15.1. The smallest absolute Gasteiger partial charge is 0.305 e. The summed E-state index contributed by atoms with van der Waals surface area (Å²) < 4.78 is 10.5. The second-order valence-corrected chi connectivity index (χ2v) is 12.1. The second kappa shape index (κ2) is 8.92. The molecule has 0 spiro atoms. The third-order valence-corrected chi connectivity index (χ3v) is 10.8. The minimum absolute atomic E-state index is 0.0468. The Labute approximate surface area is 194 Å². The van der Waals surface area contributed by atoms with Crippen LogP contribution in [0.4, 0.5) is 0 Å². The molecule has 1 N–H and O–H groups in total. The van der Waals surface area contributed by atoms with Crippen LogP contribution in [-0.4, -0.2) is 36.4 Å². The SMILES string of the molecule is COC(=O)CC[C@@H](C)[C@@H]1CC[C@@H]2[C@@H]3CC[C@@H]4C[C@H](OC(C)=O)CC[C@]4(C)[C@H]3C[C@H](O)[C@]21C. The third kappa shape index (κ3) is 3.91. The normalized spacial score (nSPS) is 46.4. The number of esters is 2. The number of hydrogen-bond donors (Lipinski definition) is 1. The molecule has 4 fully saturated rings. The van der Waals surface area contributed by atoms with Crippen molar-refractivity contribution in [2.45, 2.75) is 104 Å². The number of aliphatic hydroxyl groups is 1. The van der Waals surface area contributed by atoms with Gasteiger partial charge in [0.15, 0.2) is 0 Å². The summed E-state index contributed by atoms with van der Waals surface area (Å²) in [6.45, 7) is 8.62. The highest BCUT2D eigenvalue weighted by atomic mass is 16.5. The molecule has 0 radical (unpaired) electrons. The van der Waals surface area contributed by atoms with E-state index in [1.165, 1.54) is 39.7 Å². The van der Waals surface area contributed by atoms with Crippen molar-refractivity contribution in [2.75, 3.05) is 7.11 Å². The fourth-order valence-electron chi connectivity index (χ4n) is 9.13. The lowest BCUT2D eigenvalue weighted by Gasteiger charge is -2.62. The molecule has 10 atom stereocenters. The summed E-state index contributed by atoms with van der Waals surface area (Å²) in [7, 11) is 1.46. The van der Waals surface area contributed by atoms with E-state index in [2.05, 4.69) is 20.8 Å². The Morgan fingerprint density at radius 3 is 2.50 bits per heavy atom. The molecule has 0 saturated heterocycles. The molecule has 0 aromatic heterocycles. The molecule has 4 aliphatic carbocycles. The minimum atomic E-state index is -0.274. The molecule has 32 heavy (non-hydrogen) atoms. The van der Waals surface area contributed by atoms with Gasteiger partial charge < -0.3 is 14.6 Å². The van der Waals surface area contributed by atoms with Crippen LogP contribution in [-0.2, 0) is 19.1 Å². The van der Waals surface area contributed by atoms with E-state index in [0.29, 0.717) is 41.9 Å². The molecule has 0 heterocycles. The Morgan fingerprint density at radius 1 is 1.06 bits per heavy atom. The van der Waals surface area contributed by atoms with Crippen molar-refractivity contribution in [2.24, 2.45) is 46.3 Å². The van der Waals surface area contributed by atoms with Gasteiger partial charge in [0.2, 0.25) is 0 Å². The molecule has 5 heteroatoms. The lowest BCUT2D eigenvalue weighted by atomic mass is 9.43. The van der Waals surface area contributed by atoms with Crippen molar-refractivity contribution in [1.82, 2.24) is 0 Å². The number of hydrogen-bond acceptors (Lipinski definition) is 5. The highest BCUT2D eigenvalue weighted by molar-refractivity contribution is 5.69. The maximum absolute atomic E-state index is 11.7. The minimum Gasteiger partial charge on any atom is -0.469 e. The van der Waals surface area contributed by atoms with E-state index in [0.717, 1.165) is 32.1 Å². The molecular formula is C27H44O5. The average molecular weight is 449 g/mol. The first-order valence-corrected chi connectivity index (χ1v) is 13.0. The van der Waals surface area contributed by atoms with Crippen LogP contribution >= 0.6 is 0 Å². The monoisotopic (exact) mass is 448 g/mol. The van der Waals surface area contributed by atoms with Crippen molar-refractivity contribution >= 4 is 11.9 Å². The van der Waals surface area contributed by atoms with E-state index in [1.54, 1.807) is 0 Å². The van der Waals surface area contributed by atoms with Gasteiger partial charge in [-0.1, -0.05) is 20.8 Å². The third-order valence-electron chi connectivity index (χ3n) is 10.8. The Kier molecular flexibility index (Phi) is 6.70. The van der Waals surface area contributed by atoms with Crippen molar-refractivity contribution < 1.29 is 24.2 Å². The highest BCUT2D eigenvalue weighted by Crippen LogP contribution is 2.68. The van der Waals surface area contributed by atoms with Gasteiger partial charge >= 0.3 is 11.9 Å². The van der Waals surface area contributed by atoms with Crippen LogP contribution in [0.5, 0.6) is 0 Å². The second-order valence-electron chi connectivity index (χ2n) is 12.1. The number of fused-ring (bicyclic) bond motifs is 5. The number of carbonyl (C=O) groups is 2. The van der Waals surface area contributed by atoms with Gasteiger partial charge in [-0.15, -0.1) is 0 Å². The van der Waals surface area contributed by atoms with E-state index in [1.807, 2.05) is 0 Å². The van der Waals surface area contributed by atoms with Gasteiger partial charge in [-0.2, -0.15) is 0 Å². The van der Waals surface area contributed by atoms with Crippen molar-refractivity contribution in [1.29, 1.82) is 0 Å². The van der Waals surface area contributed by atoms with Crippen LogP contribution in [0.1, 0.15) is 91.9 Å². The zero-order valence-electron chi connectivity index (χ0n) is 20.8. The zero-order chi connectivity index (χ0) is 23.3. The molecule has 0 aliphatic heterocycles. The maximum Gasteiger partial charge on any atom is 0.305 e. The first-order valence-electron chi connectivity index (χ1n) is 13.0. The Balaban J connectivity index is 1.50. The predicted octanol–water partition coefficient (Wildman–Crippen LogP) is 5.14. The van der Waals surface area contributed by atoms with Crippen LogP contribution < -0.4 is 0 Å². The molecule has 0 bridgehead atoms. The molecule has 0 aromatic carbocycles. The first kappa shape index (κ1) is 24.0. The summed E-state index contributed by atoms with van der Waals surface area (Å²) in [5.74, 6) is 3.02. The van der Waals surface area contributed by atoms with Crippen molar-refractivity contribution in [3.05, 3.63) is 0 Å². The Hall–Kier alpha value is -1.10. The van der Waals surface area contributed by atoms with E-state index >= 15 is 0 Å². The van der Waals surface area contributed by atoms with Gasteiger partial charge in [0.25, 0.3) is 0 Å². The summed E-state index contributed by atoms with van der Waals surface area (Å²) in [4.78, 5) is 23.2. The van der Waals surface area contributed by atoms with Crippen molar-refractivity contribution in [3.8, 4) is 0 Å². The summed E-state index contributed by atoms with van der Waals surface area (Å²) in [5.41, 5.74) is 0.200. The summed E-state index contributed by atoms with van der Waals surface area (Å²) in [5, 5.41) is 11.6. The van der Waals surface area contributed by atoms with Crippen molar-refractivity contribution in [3.63, 3.8) is 0 Å². The van der Waals surface area contributed by atoms with E-state index in [9.17, 15) is 14.7 Å². The maximum atomic E-state index is 11.7. The Morgan fingerprint density at radius 2 is 1.81 bits per heavy atom. The summed E-state index contributed by atoms with van der Waals surface area (Å²) >= 11 is 0. The summed E-state index contributed by atoms with van der Waals surface area (Å²) in [6.07, 6.45) is 9.92. The van der Waals surface area contributed by atoms with Gasteiger partial charge in [-0.25, -0.2) is 0 Å². The van der Waals surface area contributed by atoms with Crippen LogP contribution in [0.2, 0.25) is 0 Å². The molecule has 5 nitrogen and oxygen atoms in total. The number of aliphatic hydroxyl groups excluding tert-OH is 1. The predicted molar refractivity (Wildman–Crippen MR) is 123 cm³/mol. The standard InChI is InChI=1S/C27H44O5/c1-16(6-11-25(30)31-5)21-9-10-22-20-8-7-18-14-19(32-17(2)28)12-13-26(18,3)23(20)15-24(29)27(21,22)4/h16,18-24,29H,6-15H2,1-5H3/t16-,18-,19-,20+,21+,22-,23+,24+,26+,27+/m1/s1. The van der Waals surface area contributed by atoms with Gasteiger partial charge in [0.1, 0.15) is 6.10 Å². The highest BCUT2D eigenvalue weighted by Gasteiger charge is 2.63. The lowest BCUT2D eigenvalue weighted by molar-refractivity contribution is -0.181. The van der Waals surface area contributed by atoms with E-state index in [4.69, 9.17) is 9.47 Å². The van der Waals surface area contributed by atoms with Gasteiger partial charge in [-0.05, 0) is 104 Å². The molecule has 4 rings (SSSR count). The molecular weight excluding hydrogens is 404 g/mol. The molecule has 0 unspecified atom stereocenters. The number of rotatable bonds is 5. The summed E-state index contributed by atoms with van der Waals surface area (Å²) in [6, 6.07) is 0. The van der Waals surface area contributed by atoms with Gasteiger partial charge in [0, 0.05) is 13.3 Å². The van der Waals surface area contributed by atoms with Gasteiger partial charge in [0.05, 0.1) is 13.2 Å². The van der Waals surface area contributed by atoms with Crippen LogP contribution in [0, 0.1) is 46.3 Å². The number of ether oxygens (including phenoxy) is 2. The topological polar surface area (TPSA) is 72.8 Å². The fraction of sp³-hybridized carbons (Fsp3) is 0.926. The number of methoxy groups -OCH3 is 1. The fourth-order valence-corrected chi connectivity index (χ4v) is 9.13. The molecule has 4 aliphatic rings.